The molecule has 0 aliphatic heterocycles. The highest BCUT2D eigenvalue weighted by Crippen LogP contribution is 2.38. The van der Waals surface area contributed by atoms with Crippen LogP contribution in [0.25, 0.3) is 0 Å². The van der Waals surface area contributed by atoms with E-state index in [2.05, 4.69) is 13.8 Å². The van der Waals surface area contributed by atoms with Gasteiger partial charge in [-0.05, 0) is 12.8 Å². The van der Waals surface area contributed by atoms with E-state index in [1.54, 1.807) is 0 Å². The molecule has 0 aliphatic carbocycles. The Morgan fingerprint density at radius 3 is 1.03 bits per heavy atom. The molecule has 0 aromatic carbocycles. The van der Waals surface area contributed by atoms with Crippen LogP contribution in [0.5, 0.6) is 0 Å². The molecule has 0 N–H and O–H groups in total. The summed E-state index contributed by atoms with van der Waals surface area (Å²) >= 11 is 0. The van der Waals surface area contributed by atoms with Crippen molar-refractivity contribution >= 4 is 19.8 Å². The minimum absolute atomic E-state index is 0.0261. The number of phosphoric ester groups is 1. The number of esters is 2. The number of nitrogens with zero attached hydrogens (tertiary/aromatic N) is 1. The molecule has 10 heteroatoms. The molecule has 62 heavy (non-hydrogen) atoms. The Bertz CT molecular complexity index is 1020. The summed E-state index contributed by atoms with van der Waals surface area (Å²) in [4.78, 5) is 37.3. The fourth-order valence-corrected chi connectivity index (χ4v) is 8.68. The summed E-state index contributed by atoms with van der Waals surface area (Å²) in [5.41, 5.74) is 0. The first-order chi connectivity index (χ1) is 30.0. The summed E-state index contributed by atoms with van der Waals surface area (Å²) in [6.07, 6.45) is 49.3. The Hall–Kier alpha value is -0.990. The smallest absolute Gasteiger partial charge is 0.306 e. The maximum Gasteiger partial charge on any atom is 0.306 e. The lowest BCUT2D eigenvalue weighted by Crippen LogP contribution is -2.37. The first-order valence-electron chi connectivity index (χ1n) is 26.7. The van der Waals surface area contributed by atoms with Crippen molar-refractivity contribution in [1.82, 2.24) is 0 Å². The molecular weight excluding hydrogens is 798 g/mol. The predicted octanol–water partition coefficient (Wildman–Crippen LogP) is 15.3. The van der Waals surface area contributed by atoms with E-state index < -0.39 is 26.5 Å². The summed E-state index contributed by atoms with van der Waals surface area (Å²) in [7, 11) is 1.18. The first-order valence-corrected chi connectivity index (χ1v) is 28.2. The van der Waals surface area contributed by atoms with Gasteiger partial charge < -0.3 is 27.9 Å². The van der Waals surface area contributed by atoms with Gasteiger partial charge >= 0.3 is 11.9 Å². The minimum atomic E-state index is -4.61. The van der Waals surface area contributed by atoms with Crippen molar-refractivity contribution in [3.05, 3.63) is 0 Å². The lowest BCUT2D eigenvalue weighted by Gasteiger charge is -2.28. The maximum absolute atomic E-state index is 12.7. The second-order valence-electron chi connectivity index (χ2n) is 19.6. The van der Waals surface area contributed by atoms with Gasteiger partial charge in [0.2, 0.25) is 0 Å². The van der Waals surface area contributed by atoms with Crippen LogP contribution in [-0.4, -0.2) is 70.0 Å². The van der Waals surface area contributed by atoms with Crippen LogP contribution in [-0.2, 0) is 32.7 Å². The molecule has 0 saturated heterocycles. The van der Waals surface area contributed by atoms with Crippen LogP contribution in [0.4, 0.5) is 0 Å². The third-order valence-corrected chi connectivity index (χ3v) is 13.1. The van der Waals surface area contributed by atoms with Gasteiger partial charge in [-0.2, -0.15) is 0 Å². The average molecular weight is 902 g/mol. The van der Waals surface area contributed by atoms with E-state index in [4.69, 9.17) is 18.5 Å². The van der Waals surface area contributed by atoms with Crippen molar-refractivity contribution in [3.63, 3.8) is 0 Å². The summed E-state index contributed by atoms with van der Waals surface area (Å²) in [5, 5.41) is 0. The fraction of sp³-hybridized carbons (Fsp3) is 0.962. The van der Waals surface area contributed by atoms with Gasteiger partial charge in [-0.1, -0.05) is 245 Å². The molecule has 2 unspecified atom stereocenters. The number of hydrogen-bond donors (Lipinski definition) is 0. The molecule has 0 aromatic rings. The molecule has 0 radical (unpaired) electrons. The second kappa shape index (κ2) is 45.2. The molecule has 0 aromatic heterocycles. The Balaban J connectivity index is 3.82. The molecule has 370 valence electrons. The number of rotatable bonds is 50. The average Bonchev–Trinajstić information content (AvgIpc) is 3.23. The van der Waals surface area contributed by atoms with Crippen LogP contribution >= 0.6 is 7.82 Å². The van der Waals surface area contributed by atoms with Crippen LogP contribution in [0.3, 0.4) is 0 Å². The summed E-state index contributed by atoms with van der Waals surface area (Å²) < 4.78 is 33.8. The summed E-state index contributed by atoms with van der Waals surface area (Å²) in [5.74, 6) is -0.829. The minimum Gasteiger partial charge on any atom is -0.756 e. The molecular formula is C52H104NO8P. The number of ether oxygens (including phenoxy) is 2. The van der Waals surface area contributed by atoms with Crippen LogP contribution in [0.2, 0.25) is 0 Å². The van der Waals surface area contributed by atoms with Gasteiger partial charge in [0.25, 0.3) is 7.82 Å². The third-order valence-electron chi connectivity index (χ3n) is 12.1. The van der Waals surface area contributed by atoms with Crippen LogP contribution < -0.4 is 4.89 Å². The number of unbranched alkanes of at least 4 members (excludes halogenated alkanes) is 36. The molecule has 0 aliphatic rings. The highest BCUT2D eigenvalue weighted by molar-refractivity contribution is 7.45. The Morgan fingerprint density at radius 2 is 0.726 bits per heavy atom. The highest BCUT2D eigenvalue weighted by atomic mass is 31.2. The quantitative estimate of drug-likeness (QED) is 0.0257. The Kier molecular flexibility index (Phi) is 44.5. The molecule has 0 amide bonds. The molecule has 0 rings (SSSR count). The van der Waals surface area contributed by atoms with E-state index in [-0.39, 0.29) is 32.0 Å². The van der Waals surface area contributed by atoms with E-state index in [9.17, 15) is 19.0 Å². The molecule has 0 bridgehead atoms. The molecule has 9 nitrogen and oxygen atoms in total. The number of quaternary nitrogens is 1. The third kappa shape index (κ3) is 48.5. The monoisotopic (exact) mass is 902 g/mol. The van der Waals surface area contributed by atoms with Crippen molar-refractivity contribution in [1.29, 1.82) is 0 Å². The molecule has 0 saturated carbocycles. The molecule has 2 atom stereocenters. The molecule has 0 spiro atoms. The maximum atomic E-state index is 12.7. The van der Waals surface area contributed by atoms with Gasteiger partial charge in [0.1, 0.15) is 19.8 Å². The fourth-order valence-electron chi connectivity index (χ4n) is 7.95. The Morgan fingerprint density at radius 1 is 0.435 bits per heavy atom. The van der Waals surface area contributed by atoms with Crippen LogP contribution in [0, 0.1) is 0 Å². The topological polar surface area (TPSA) is 111 Å². The zero-order valence-electron chi connectivity index (χ0n) is 41.9. The Labute approximate surface area is 384 Å². The van der Waals surface area contributed by atoms with Crippen LogP contribution in [0.1, 0.15) is 271 Å². The van der Waals surface area contributed by atoms with Crippen LogP contribution in [0.15, 0.2) is 0 Å². The normalized spacial score (nSPS) is 13.3. The zero-order valence-corrected chi connectivity index (χ0v) is 42.7. The van der Waals surface area contributed by atoms with E-state index in [1.807, 2.05) is 21.1 Å². The molecule has 0 fully saturated rings. The number of phosphoric acid groups is 1. The van der Waals surface area contributed by atoms with Gasteiger partial charge in [-0.25, -0.2) is 0 Å². The van der Waals surface area contributed by atoms with Gasteiger partial charge in [0.05, 0.1) is 27.7 Å². The first kappa shape index (κ1) is 61.0. The standard InChI is InChI=1S/C52H104NO8P/c1-6-8-10-12-14-15-16-17-18-19-20-21-22-23-24-25-26-27-28-29-30-31-32-33-34-35-36-37-38-39-41-43-45-52(55)61-50(48-58-51(54)44-42-40-13-11-9-7-2)49-60-62(56,57)59-47-46-53(3,4)5/h50H,6-49H2,1-5H3. The van der Waals surface area contributed by atoms with Gasteiger partial charge in [0, 0.05) is 12.8 Å². The predicted molar refractivity (Wildman–Crippen MR) is 259 cm³/mol. The largest absolute Gasteiger partial charge is 0.756 e. The van der Waals surface area contributed by atoms with Crippen molar-refractivity contribution in [2.45, 2.75) is 277 Å². The van der Waals surface area contributed by atoms with Crippen molar-refractivity contribution in [3.8, 4) is 0 Å². The van der Waals surface area contributed by atoms with E-state index in [1.165, 1.54) is 199 Å². The summed E-state index contributed by atoms with van der Waals surface area (Å²) in [6, 6.07) is 0. The number of carbonyl (C=O) groups is 2. The lowest BCUT2D eigenvalue weighted by atomic mass is 10.0. The van der Waals surface area contributed by atoms with Crippen molar-refractivity contribution in [2.75, 3.05) is 47.5 Å². The number of carbonyl (C=O) groups excluding carboxylic acids is 2. The van der Waals surface area contributed by atoms with E-state index in [0.29, 0.717) is 17.4 Å². The zero-order chi connectivity index (χ0) is 45.7. The van der Waals surface area contributed by atoms with Gasteiger partial charge in [-0.15, -0.1) is 0 Å². The number of hydrogen-bond acceptors (Lipinski definition) is 8. The van der Waals surface area contributed by atoms with E-state index in [0.717, 1.165) is 38.5 Å². The molecule has 0 heterocycles. The lowest BCUT2D eigenvalue weighted by molar-refractivity contribution is -0.870. The second-order valence-corrected chi connectivity index (χ2v) is 21.0. The summed E-state index contributed by atoms with van der Waals surface area (Å²) in [6.45, 7) is 4.20. The van der Waals surface area contributed by atoms with Crippen molar-refractivity contribution in [2.24, 2.45) is 0 Å². The van der Waals surface area contributed by atoms with E-state index >= 15 is 0 Å². The van der Waals surface area contributed by atoms with Crippen molar-refractivity contribution < 1.29 is 42.1 Å². The van der Waals surface area contributed by atoms with Gasteiger partial charge in [0.15, 0.2) is 6.10 Å². The van der Waals surface area contributed by atoms with Gasteiger partial charge in [-0.3, -0.25) is 14.2 Å². The highest BCUT2D eigenvalue weighted by Gasteiger charge is 2.21. The number of likely N-dealkylation sites (N-methyl/N-ethyl adjacent to an activating group) is 1. The SMILES string of the molecule is CCCCCCCCCCCCCCCCCCCCCCCCCCCCCCCCCCC(=O)OC(COC(=O)CCCCCCCC)COP(=O)([O-])OCC[N+](C)(C)C.